The van der Waals surface area contributed by atoms with Gasteiger partial charge in [0.2, 0.25) is 0 Å². The number of hydrazone groups is 1. The van der Waals surface area contributed by atoms with Crippen molar-refractivity contribution in [3.8, 4) is 11.5 Å². The fraction of sp³-hybridized carbons (Fsp3) is 0.133. The zero-order chi connectivity index (χ0) is 28.7. The highest BCUT2D eigenvalue weighted by Gasteiger charge is 2.27. The fourth-order valence-electron chi connectivity index (χ4n) is 4.05. The van der Waals surface area contributed by atoms with Crippen molar-refractivity contribution in [2.24, 2.45) is 5.10 Å². The van der Waals surface area contributed by atoms with Gasteiger partial charge >= 0.3 is 0 Å². The second-order valence-corrected chi connectivity index (χ2v) is 11.0. The first-order valence-corrected chi connectivity index (χ1v) is 14.0. The largest absolute Gasteiger partial charge is 0.493 e. The van der Waals surface area contributed by atoms with E-state index in [1.165, 1.54) is 24.7 Å². The maximum Gasteiger partial charge on any atom is 0.271 e. The van der Waals surface area contributed by atoms with E-state index in [1.54, 1.807) is 97.9 Å². The summed E-state index contributed by atoms with van der Waals surface area (Å²) < 4.78 is 39.3. The SMILES string of the molecule is COc1cccc(/C=N\NC(=O)c2ccc(CN(c3cccc(Cl)c3C)S(=O)(=O)c3ccccc3)cc2)c1OC. The number of anilines is 1. The first-order chi connectivity index (χ1) is 19.3. The standard InChI is InChI=1S/C30H28ClN3O5S/c1-21-26(31)12-8-13-27(21)34(40(36,37)25-10-5-4-6-11-25)20-22-15-17-23(18-16-22)30(35)33-32-19-24-9-7-14-28(38-2)29(24)39-3/h4-19H,20H2,1-3H3,(H,33,35)/b32-19-. The number of sulfonamides is 1. The zero-order valence-corrected chi connectivity index (χ0v) is 23.7. The summed E-state index contributed by atoms with van der Waals surface area (Å²) in [5.41, 5.74) is 5.28. The van der Waals surface area contributed by atoms with Gasteiger partial charge in [0.15, 0.2) is 11.5 Å². The average Bonchev–Trinajstić information content (AvgIpc) is 2.98. The Morgan fingerprint density at radius 2 is 1.62 bits per heavy atom. The third-order valence-corrected chi connectivity index (χ3v) is 8.37. The molecule has 0 spiro atoms. The van der Waals surface area contributed by atoms with Crippen molar-refractivity contribution >= 4 is 39.4 Å². The van der Waals surface area contributed by atoms with Crippen molar-refractivity contribution < 1.29 is 22.7 Å². The molecule has 10 heteroatoms. The Morgan fingerprint density at radius 3 is 2.30 bits per heavy atom. The molecule has 0 aliphatic rings. The number of nitrogens with one attached hydrogen (secondary N) is 1. The number of hydrogen-bond donors (Lipinski definition) is 1. The van der Waals surface area contributed by atoms with Crippen LogP contribution in [0.2, 0.25) is 5.02 Å². The van der Waals surface area contributed by atoms with Crippen molar-refractivity contribution in [1.82, 2.24) is 5.43 Å². The van der Waals surface area contributed by atoms with Crippen LogP contribution in [0, 0.1) is 6.92 Å². The van der Waals surface area contributed by atoms with E-state index in [2.05, 4.69) is 10.5 Å². The Morgan fingerprint density at radius 1 is 0.925 bits per heavy atom. The van der Waals surface area contributed by atoms with Gasteiger partial charge in [0.1, 0.15) is 0 Å². The van der Waals surface area contributed by atoms with Crippen molar-refractivity contribution in [3.63, 3.8) is 0 Å². The summed E-state index contributed by atoms with van der Waals surface area (Å²) in [4.78, 5) is 12.9. The molecule has 4 aromatic carbocycles. The van der Waals surface area contributed by atoms with E-state index in [9.17, 15) is 13.2 Å². The highest BCUT2D eigenvalue weighted by atomic mass is 35.5. The van der Waals surface area contributed by atoms with Gasteiger partial charge in [-0.3, -0.25) is 9.10 Å². The summed E-state index contributed by atoms with van der Waals surface area (Å²) in [7, 11) is -0.849. The number of carbonyl (C=O) groups is 1. The van der Waals surface area contributed by atoms with Crippen LogP contribution in [0.25, 0.3) is 0 Å². The molecular formula is C30H28ClN3O5S. The number of carbonyl (C=O) groups excluding carboxylic acids is 1. The average molecular weight is 578 g/mol. The van der Waals surface area contributed by atoms with Crippen LogP contribution in [0.5, 0.6) is 11.5 Å². The maximum absolute atomic E-state index is 13.7. The second kappa shape index (κ2) is 12.7. The molecule has 206 valence electrons. The molecule has 0 aliphatic carbocycles. The molecule has 0 heterocycles. The van der Waals surface area contributed by atoms with Gasteiger partial charge in [-0.2, -0.15) is 5.10 Å². The van der Waals surface area contributed by atoms with Crippen LogP contribution in [-0.4, -0.2) is 34.8 Å². The van der Waals surface area contributed by atoms with E-state index in [0.717, 1.165) is 0 Å². The molecular weight excluding hydrogens is 550 g/mol. The van der Waals surface area contributed by atoms with Crippen LogP contribution < -0.4 is 19.2 Å². The quantitative estimate of drug-likeness (QED) is 0.189. The molecule has 0 aliphatic heterocycles. The van der Waals surface area contributed by atoms with E-state index in [1.807, 2.05) is 0 Å². The lowest BCUT2D eigenvalue weighted by Crippen LogP contribution is -2.31. The van der Waals surface area contributed by atoms with Gasteiger partial charge in [0.05, 0.1) is 37.6 Å². The zero-order valence-electron chi connectivity index (χ0n) is 22.2. The van der Waals surface area contributed by atoms with Gasteiger partial charge in [-0.15, -0.1) is 0 Å². The van der Waals surface area contributed by atoms with Gasteiger partial charge < -0.3 is 9.47 Å². The lowest BCUT2D eigenvalue weighted by molar-refractivity contribution is 0.0955. The Balaban J connectivity index is 1.55. The second-order valence-electron chi connectivity index (χ2n) is 8.69. The molecule has 0 fully saturated rings. The molecule has 0 saturated carbocycles. The highest BCUT2D eigenvalue weighted by molar-refractivity contribution is 7.92. The Labute approximate surface area is 238 Å². The Bertz CT molecular complexity index is 1630. The third kappa shape index (κ3) is 6.27. The molecule has 0 saturated heterocycles. The monoisotopic (exact) mass is 577 g/mol. The number of methoxy groups -OCH3 is 2. The highest BCUT2D eigenvalue weighted by Crippen LogP contribution is 2.32. The van der Waals surface area contributed by atoms with E-state index in [-0.39, 0.29) is 11.4 Å². The Kier molecular flexibility index (Phi) is 9.08. The van der Waals surface area contributed by atoms with E-state index in [4.69, 9.17) is 21.1 Å². The van der Waals surface area contributed by atoms with Crippen LogP contribution >= 0.6 is 11.6 Å². The molecule has 0 radical (unpaired) electrons. The van der Waals surface area contributed by atoms with Crippen molar-refractivity contribution in [2.45, 2.75) is 18.4 Å². The predicted molar refractivity (Wildman–Crippen MR) is 157 cm³/mol. The minimum absolute atomic E-state index is 0.0358. The van der Waals surface area contributed by atoms with E-state index < -0.39 is 15.9 Å². The minimum Gasteiger partial charge on any atom is -0.493 e. The van der Waals surface area contributed by atoms with Crippen LogP contribution in [-0.2, 0) is 16.6 Å². The van der Waals surface area contributed by atoms with Crippen LogP contribution in [0.3, 0.4) is 0 Å². The first kappa shape index (κ1) is 28.7. The van der Waals surface area contributed by atoms with Crippen LogP contribution in [0.1, 0.15) is 27.0 Å². The molecule has 0 unspecified atom stereocenters. The molecule has 4 rings (SSSR count). The lowest BCUT2D eigenvalue weighted by atomic mass is 10.1. The van der Waals surface area contributed by atoms with Gasteiger partial charge in [-0.1, -0.05) is 54.1 Å². The molecule has 1 amide bonds. The molecule has 4 aromatic rings. The van der Waals surface area contributed by atoms with Crippen molar-refractivity contribution in [2.75, 3.05) is 18.5 Å². The number of rotatable bonds is 10. The number of halogens is 1. The number of amides is 1. The summed E-state index contributed by atoms with van der Waals surface area (Å²) in [6.07, 6.45) is 1.47. The summed E-state index contributed by atoms with van der Waals surface area (Å²) in [5.74, 6) is 0.617. The smallest absolute Gasteiger partial charge is 0.271 e. The molecule has 8 nitrogen and oxygen atoms in total. The number of hydrogen-bond acceptors (Lipinski definition) is 6. The molecule has 1 N–H and O–H groups in total. The Hall–Kier alpha value is -4.34. The number of benzene rings is 4. The fourth-order valence-corrected chi connectivity index (χ4v) is 5.75. The van der Waals surface area contributed by atoms with Gasteiger partial charge in [0.25, 0.3) is 15.9 Å². The summed E-state index contributed by atoms with van der Waals surface area (Å²) in [5, 5.41) is 4.50. The molecule has 0 bridgehead atoms. The van der Waals surface area contributed by atoms with E-state index in [0.29, 0.717) is 44.5 Å². The predicted octanol–water partition coefficient (Wildman–Crippen LogP) is 5.83. The van der Waals surface area contributed by atoms with Gasteiger partial charge in [0, 0.05) is 16.1 Å². The molecule has 0 atom stereocenters. The van der Waals surface area contributed by atoms with E-state index >= 15 is 0 Å². The topological polar surface area (TPSA) is 97.3 Å². The van der Waals surface area contributed by atoms with Gasteiger partial charge in [-0.25, -0.2) is 13.8 Å². The third-order valence-electron chi connectivity index (χ3n) is 6.18. The van der Waals surface area contributed by atoms with Crippen LogP contribution in [0.15, 0.2) is 101 Å². The number of ether oxygens (including phenoxy) is 2. The minimum atomic E-state index is -3.91. The normalized spacial score (nSPS) is 11.3. The lowest BCUT2D eigenvalue weighted by Gasteiger charge is -2.26. The van der Waals surface area contributed by atoms with Gasteiger partial charge in [-0.05, 0) is 66.6 Å². The number of para-hydroxylation sites is 1. The molecule has 40 heavy (non-hydrogen) atoms. The van der Waals surface area contributed by atoms with Crippen molar-refractivity contribution in [1.29, 1.82) is 0 Å². The number of nitrogens with zero attached hydrogens (tertiary/aromatic N) is 2. The summed E-state index contributed by atoms with van der Waals surface area (Å²) in [6, 6.07) is 25.3. The summed E-state index contributed by atoms with van der Waals surface area (Å²) >= 11 is 6.33. The summed E-state index contributed by atoms with van der Waals surface area (Å²) in [6.45, 7) is 1.81. The van der Waals surface area contributed by atoms with Crippen molar-refractivity contribution in [3.05, 3.63) is 118 Å². The van der Waals surface area contributed by atoms with Crippen LogP contribution in [0.4, 0.5) is 5.69 Å². The molecule has 0 aromatic heterocycles. The maximum atomic E-state index is 13.7. The first-order valence-electron chi connectivity index (χ1n) is 12.2.